The zero-order valence-corrected chi connectivity index (χ0v) is 13.8. The third kappa shape index (κ3) is 3.30. The summed E-state index contributed by atoms with van der Waals surface area (Å²) in [5.41, 5.74) is 0.908. The van der Waals surface area contributed by atoms with Gasteiger partial charge in [-0.2, -0.15) is 0 Å². The number of pyridine rings is 1. The van der Waals surface area contributed by atoms with Crippen LogP contribution >= 0.6 is 0 Å². The number of hydrogen-bond acceptors (Lipinski definition) is 3. The van der Waals surface area contributed by atoms with Crippen LogP contribution in [0.2, 0.25) is 0 Å². The molecular weight excluding hydrogens is 292 g/mol. The van der Waals surface area contributed by atoms with Crippen LogP contribution in [-0.2, 0) is 0 Å². The highest BCUT2D eigenvalue weighted by molar-refractivity contribution is 5.94. The summed E-state index contributed by atoms with van der Waals surface area (Å²) >= 11 is 0. The molecule has 2 saturated heterocycles. The van der Waals surface area contributed by atoms with E-state index in [1.54, 1.807) is 24.5 Å². The largest absolute Gasteiger partial charge is 0.339 e. The number of aromatic nitrogens is 1. The molecular formula is C17H24N4O2. The van der Waals surface area contributed by atoms with Gasteiger partial charge in [-0.3, -0.25) is 9.78 Å². The molecule has 124 valence electrons. The number of rotatable bonds is 2. The van der Waals surface area contributed by atoms with Gasteiger partial charge in [-0.05, 0) is 38.8 Å². The Labute approximate surface area is 136 Å². The van der Waals surface area contributed by atoms with Crippen LogP contribution in [0.4, 0.5) is 4.79 Å². The maximum absolute atomic E-state index is 12.4. The molecule has 0 radical (unpaired) electrons. The number of piperidine rings is 1. The fourth-order valence-electron chi connectivity index (χ4n) is 3.42. The molecule has 0 unspecified atom stereocenters. The van der Waals surface area contributed by atoms with Gasteiger partial charge < -0.3 is 15.1 Å². The Bertz CT molecular complexity index is 572. The fourth-order valence-corrected chi connectivity index (χ4v) is 3.42. The number of nitrogens with one attached hydrogen (secondary N) is 1. The van der Waals surface area contributed by atoms with Crippen molar-refractivity contribution >= 4 is 11.9 Å². The second-order valence-corrected chi connectivity index (χ2v) is 6.99. The van der Waals surface area contributed by atoms with Crippen LogP contribution in [-0.4, -0.2) is 58.9 Å². The van der Waals surface area contributed by atoms with Crippen molar-refractivity contribution in [2.24, 2.45) is 5.41 Å². The first-order valence-corrected chi connectivity index (χ1v) is 8.24. The van der Waals surface area contributed by atoms with E-state index in [1.165, 1.54) is 0 Å². The van der Waals surface area contributed by atoms with E-state index in [4.69, 9.17) is 0 Å². The fraction of sp³-hybridized carbons (Fsp3) is 0.588. The van der Waals surface area contributed by atoms with Crippen LogP contribution in [0.15, 0.2) is 24.5 Å². The molecule has 3 heterocycles. The summed E-state index contributed by atoms with van der Waals surface area (Å²) in [5.74, 6) is 0.0796. The third-order valence-electron chi connectivity index (χ3n) is 4.79. The van der Waals surface area contributed by atoms with Crippen LogP contribution in [0.25, 0.3) is 0 Å². The first-order chi connectivity index (χ1) is 11.0. The van der Waals surface area contributed by atoms with E-state index >= 15 is 0 Å². The predicted octanol–water partition coefficient (Wildman–Crippen LogP) is 1.74. The zero-order valence-electron chi connectivity index (χ0n) is 13.8. The Balaban J connectivity index is 1.50. The second kappa shape index (κ2) is 6.18. The van der Waals surface area contributed by atoms with E-state index in [-0.39, 0.29) is 23.4 Å². The van der Waals surface area contributed by atoms with E-state index in [2.05, 4.69) is 10.3 Å². The molecule has 6 heteroatoms. The molecule has 0 aliphatic carbocycles. The summed E-state index contributed by atoms with van der Waals surface area (Å²) in [6.45, 7) is 7.08. The van der Waals surface area contributed by atoms with Crippen molar-refractivity contribution in [1.82, 2.24) is 20.1 Å². The predicted molar refractivity (Wildman–Crippen MR) is 87.0 cm³/mol. The zero-order chi connectivity index (χ0) is 16.4. The average Bonchev–Trinajstić information content (AvgIpc) is 2.52. The first kappa shape index (κ1) is 15.8. The maximum atomic E-state index is 12.4. The number of urea groups is 1. The van der Waals surface area contributed by atoms with Crippen LogP contribution in [0.3, 0.4) is 0 Å². The molecule has 23 heavy (non-hydrogen) atoms. The summed E-state index contributed by atoms with van der Waals surface area (Å²) in [5, 5.41) is 2.93. The third-order valence-corrected chi connectivity index (χ3v) is 4.79. The topological polar surface area (TPSA) is 65.5 Å². The molecule has 2 fully saturated rings. The molecule has 0 saturated carbocycles. The highest BCUT2D eigenvalue weighted by Gasteiger charge is 2.47. The quantitative estimate of drug-likeness (QED) is 0.904. The minimum Gasteiger partial charge on any atom is -0.339 e. The van der Waals surface area contributed by atoms with Crippen molar-refractivity contribution in [3.8, 4) is 0 Å². The first-order valence-electron chi connectivity index (χ1n) is 8.24. The Morgan fingerprint density at radius 2 is 1.74 bits per heavy atom. The highest BCUT2D eigenvalue weighted by Crippen LogP contribution is 2.40. The van der Waals surface area contributed by atoms with Gasteiger partial charge in [-0.1, -0.05) is 0 Å². The molecule has 6 nitrogen and oxygen atoms in total. The lowest BCUT2D eigenvalue weighted by atomic mass is 9.72. The molecule has 1 aromatic heterocycles. The molecule has 2 aliphatic rings. The van der Waals surface area contributed by atoms with Gasteiger partial charge >= 0.3 is 6.03 Å². The standard InChI is InChI=1S/C17H24N4O2/c1-13(2)19-16(23)21-11-17(12-21)5-9-20(10-6-17)15(22)14-3-7-18-8-4-14/h3-4,7-8,13H,5-6,9-12H2,1-2H3,(H,19,23). The summed E-state index contributed by atoms with van der Waals surface area (Å²) in [4.78, 5) is 32.1. The summed E-state index contributed by atoms with van der Waals surface area (Å²) in [7, 11) is 0. The van der Waals surface area contributed by atoms with Gasteiger partial charge in [-0.15, -0.1) is 0 Å². The smallest absolute Gasteiger partial charge is 0.317 e. The molecule has 3 amide bonds. The number of carbonyl (C=O) groups excluding carboxylic acids is 2. The number of hydrogen-bond donors (Lipinski definition) is 1. The van der Waals surface area contributed by atoms with Gasteiger partial charge in [0.15, 0.2) is 0 Å². The molecule has 3 rings (SSSR count). The normalized spacial score (nSPS) is 19.6. The molecule has 2 aliphatic heterocycles. The monoisotopic (exact) mass is 316 g/mol. The van der Waals surface area contributed by atoms with Gasteiger partial charge in [0, 0.05) is 55.6 Å². The summed E-state index contributed by atoms with van der Waals surface area (Å²) < 4.78 is 0. The van der Waals surface area contributed by atoms with Gasteiger partial charge in [0.05, 0.1) is 0 Å². The lowest BCUT2D eigenvalue weighted by molar-refractivity contribution is -0.0181. The van der Waals surface area contributed by atoms with E-state index in [0.29, 0.717) is 5.56 Å². The van der Waals surface area contributed by atoms with Crippen molar-refractivity contribution in [3.63, 3.8) is 0 Å². The van der Waals surface area contributed by atoms with E-state index in [0.717, 1.165) is 39.0 Å². The van der Waals surface area contributed by atoms with Gasteiger partial charge in [0.1, 0.15) is 0 Å². The number of carbonyl (C=O) groups is 2. The van der Waals surface area contributed by atoms with Crippen molar-refractivity contribution in [1.29, 1.82) is 0 Å². The lowest BCUT2D eigenvalue weighted by Gasteiger charge is -2.53. The summed E-state index contributed by atoms with van der Waals surface area (Å²) in [6, 6.07) is 3.71. The van der Waals surface area contributed by atoms with Crippen LogP contribution < -0.4 is 5.32 Å². The molecule has 0 bridgehead atoms. The molecule has 1 spiro atoms. The van der Waals surface area contributed by atoms with Crippen LogP contribution in [0.1, 0.15) is 37.0 Å². The van der Waals surface area contributed by atoms with E-state index < -0.39 is 0 Å². The van der Waals surface area contributed by atoms with E-state index in [9.17, 15) is 9.59 Å². The molecule has 1 N–H and O–H groups in total. The van der Waals surface area contributed by atoms with Gasteiger partial charge in [-0.25, -0.2) is 4.79 Å². The van der Waals surface area contributed by atoms with Crippen molar-refractivity contribution < 1.29 is 9.59 Å². The second-order valence-electron chi connectivity index (χ2n) is 6.99. The van der Waals surface area contributed by atoms with Gasteiger partial charge in [0.25, 0.3) is 5.91 Å². The highest BCUT2D eigenvalue weighted by atomic mass is 16.2. The van der Waals surface area contributed by atoms with Crippen molar-refractivity contribution in [2.45, 2.75) is 32.7 Å². The maximum Gasteiger partial charge on any atom is 0.317 e. The van der Waals surface area contributed by atoms with E-state index in [1.807, 2.05) is 23.6 Å². The summed E-state index contributed by atoms with van der Waals surface area (Å²) in [6.07, 6.45) is 5.23. The Hall–Kier alpha value is -2.11. The number of nitrogens with zero attached hydrogens (tertiary/aromatic N) is 3. The van der Waals surface area contributed by atoms with Crippen LogP contribution in [0.5, 0.6) is 0 Å². The SMILES string of the molecule is CC(C)NC(=O)N1CC2(CCN(C(=O)c3ccncc3)CC2)C1. The Morgan fingerprint density at radius 3 is 2.30 bits per heavy atom. The number of likely N-dealkylation sites (tertiary alicyclic amines) is 2. The van der Waals surface area contributed by atoms with Crippen molar-refractivity contribution in [3.05, 3.63) is 30.1 Å². The number of amides is 3. The Morgan fingerprint density at radius 1 is 1.13 bits per heavy atom. The lowest BCUT2D eigenvalue weighted by Crippen LogP contribution is -2.64. The van der Waals surface area contributed by atoms with Crippen molar-refractivity contribution in [2.75, 3.05) is 26.2 Å². The molecule has 0 atom stereocenters. The van der Waals surface area contributed by atoms with Gasteiger partial charge in [0.2, 0.25) is 0 Å². The molecule has 0 aromatic carbocycles. The minimum atomic E-state index is 0.0286. The molecule has 1 aromatic rings. The average molecular weight is 316 g/mol. The Kier molecular flexibility index (Phi) is 4.24. The van der Waals surface area contributed by atoms with Crippen LogP contribution in [0, 0.1) is 5.41 Å². The minimum absolute atomic E-state index is 0.0286.